The van der Waals surface area contributed by atoms with Gasteiger partial charge in [0, 0.05) is 30.6 Å². The molecule has 4 aromatic rings. The van der Waals surface area contributed by atoms with Crippen LogP contribution in [-0.2, 0) is 9.47 Å². The Labute approximate surface area is 195 Å². The number of esters is 2. The lowest BCUT2D eigenvalue weighted by Gasteiger charge is -2.04. The van der Waals surface area contributed by atoms with Crippen LogP contribution in [0.1, 0.15) is 48.9 Å². The molecule has 0 aliphatic heterocycles. The quantitative estimate of drug-likeness (QED) is 0.389. The van der Waals surface area contributed by atoms with Gasteiger partial charge in [0.15, 0.2) is 0 Å². The van der Waals surface area contributed by atoms with Gasteiger partial charge in [-0.2, -0.15) is 0 Å². The molecule has 0 saturated carbocycles. The maximum atomic E-state index is 11.5. The first-order chi connectivity index (χ1) is 15.9. The Kier molecular flexibility index (Phi) is 9.77. The number of nitrogens with zero attached hydrogens (tertiary/aromatic N) is 2. The van der Waals surface area contributed by atoms with Crippen LogP contribution in [0.25, 0.3) is 21.8 Å². The predicted molar refractivity (Wildman–Crippen MR) is 131 cm³/mol. The van der Waals surface area contributed by atoms with E-state index in [-0.39, 0.29) is 19.1 Å². The fourth-order valence-corrected chi connectivity index (χ4v) is 2.97. The van der Waals surface area contributed by atoms with Crippen molar-refractivity contribution in [2.24, 2.45) is 0 Å². The van der Waals surface area contributed by atoms with E-state index < -0.39 is 5.97 Å². The van der Waals surface area contributed by atoms with Gasteiger partial charge in [0.2, 0.25) is 0 Å². The predicted octanol–water partition coefficient (Wildman–Crippen LogP) is 5.72. The van der Waals surface area contributed by atoms with Gasteiger partial charge in [-0.3, -0.25) is 9.97 Å². The number of pyridine rings is 2. The smallest absolute Gasteiger partial charge is 0.338 e. The molecule has 33 heavy (non-hydrogen) atoms. The first kappa shape index (κ1) is 25.3. The topological polar surface area (TPSA) is 98.6 Å². The number of methoxy groups -OCH3 is 2. The summed E-state index contributed by atoms with van der Waals surface area (Å²) in [6.07, 6.45) is 3.13. The average molecular weight is 452 g/mol. The molecule has 4 rings (SSSR count). The molecule has 2 aromatic heterocycles. The van der Waals surface area contributed by atoms with E-state index in [0.717, 1.165) is 16.5 Å². The van der Waals surface area contributed by atoms with Crippen LogP contribution in [0.4, 0.5) is 0 Å². The Bertz CT molecular complexity index is 1160. The normalized spacial score (nSPS) is 9.88. The third kappa shape index (κ3) is 6.49. The summed E-state index contributed by atoms with van der Waals surface area (Å²) in [5, 5.41) is 10.8. The molecule has 2 heterocycles. The lowest BCUT2D eigenvalue weighted by molar-refractivity contribution is 0.0594. The largest absolute Gasteiger partial charge is 0.508 e. The van der Waals surface area contributed by atoms with Gasteiger partial charge in [0.05, 0.1) is 36.4 Å². The first-order valence-electron chi connectivity index (χ1n) is 10.5. The summed E-state index contributed by atoms with van der Waals surface area (Å²) in [5.41, 5.74) is 3.51. The molecule has 0 amide bonds. The number of aryl methyl sites for hydroxylation is 1. The van der Waals surface area contributed by atoms with E-state index in [9.17, 15) is 14.7 Å². The van der Waals surface area contributed by atoms with E-state index in [2.05, 4.69) is 14.7 Å². The number of hydrogen-bond acceptors (Lipinski definition) is 7. The number of carbonyl (C=O) groups excluding carboxylic acids is 2. The van der Waals surface area contributed by atoms with Crippen LogP contribution in [0.2, 0.25) is 0 Å². The number of phenols is 1. The second-order valence-electron chi connectivity index (χ2n) is 6.42. The van der Waals surface area contributed by atoms with E-state index in [1.165, 1.54) is 32.5 Å². The van der Waals surface area contributed by atoms with Crippen molar-refractivity contribution in [3.8, 4) is 5.75 Å². The lowest BCUT2D eigenvalue weighted by Crippen LogP contribution is -2.02. The van der Waals surface area contributed by atoms with Crippen LogP contribution in [0, 0.1) is 6.92 Å². The van der Waals surface area contributed by atoms with Crippen LogP contribution in [-0.4, -0.2) is 41.2 Å². The highest BCUT2D eigenvalue weighted by atomic mass is 16.5. The van der Waals surface area contributed by atoms with Crippen molar-refractivity contribution in [3.63, 3.8) is 0 Å². The van der Waals surface area contributed by atoms with Crippen molar-refractivity contribution in [2.75, 3.05) is 14.2 Å². The van der Waals surface area contributed by atoms with Gasteiger partial charge in [0.25, 0.3) is 0 Å². The molecular weight excluding hydrogens is 420 g/mol. The fourth-order valence-electron chi connectivity index (χ4n) is 2.97. The SMILES string of the molecule is C.COC(=O)c1ccnc2cc(C)ccc12.COC(=O)c1ccnc2cc(O)ccc12.[2H]CC. The van der Waals surface area contributed by atoms with Crippen LogP contribution in [0.3, 0.4) is 0 Å². The number of fused-ring (bicyclic) bond motifs is 2. The van der Waals surface area contributed by atoms with Crippen LogP contribution < -0.4 is 0 Å². The number of carbonyl (C=O) groups is 2. The van der Waals surface area contributed by atoms with Gasteiger partial charge in [0.1, 0.15) is 5.75 Å². The molecule has 0 fully saturated rings. The molecule has 0 aliphatic rings. The molecule has 0 spiro atoms. The average Bonchev–Trinajstić information content (AvgIpc) is 2.82. The van der Waals surface area contributed by atoms with Gasteiger partial charge in [-0.15, -0.1) is 0 Å². The Morgan fingerprint density at radius 2 is 1.30 bits per heavy atom. The van der Waals surface area contributed by atoms with Crippen molar-refractivity contribution in [3.05, 3.63) is 77.6 Å². The molecule has 0 aliphatic carbocycles. The zero-order valence-corrected chi connectivity index (χ0v) is 18.5. The van der Waals surface area contributed by atoms with Gasteiger partial charge >= 0.3 is 11.9 Å². The monoisotopic (exact) mass is 451 g/mol. The lowest BCUT2D eigenvalue weighted by atomic mass is 10.1. The highest BCUT2D eigenvalue weighted by Gasteiger charge is 2.11. The van der Waals surface area contributed by atoms with Gasteiger partial charge in [-0.25, -0.2) is 9.59 Å². The standard InChI is InChI=1S/C12H11NO2.C11H9NO3.C2H6.CH4/c1-8-3-4-9-10(12(14)15-2)5-6-13-11(9)7-8;1-15-11(14)9-4-5-12-10-6-7(13)2-3-8(9)10;1-2;/h3-7H,1-2H3;2-6,13H,1H3;1-2H3;1H4/i;;1D;. The molecular formula is C26H30N2O5. The molecule has 0 bridgehead atoms. The molecule has 2 aromatic carbocycles. The van der Waals surface area contributed by atoms with E-state index >= 15 is 0 Å². The minimum absolute atomic E-state index is 0. The Balaban J connectivity index is 0.000000297. The Morgan fingerprint density at radius 3 is 1.79 bits per heavy atom. The molecule has 7 heteroatoms. The third-order valence-corrected chi connectivity index (χ3v) is 4.44. The molecule has 7 nitrogen and oxygen atoms in total. The van der Waals surface area contributed by atoms with Gasteiger partial charge in [-0.05, 0) is 42.8 Å². The van der Waals surface area contributed by atoms with Crippen molar-refractivity contribution in [1.82, 2.24) is 9.97 Å². The van der Waals surface area contributed by atoms with Gasteiger partial charge < -0.3 is 14.6 Å². The Hall–Kier alpha value is -4.00. The van der Waals surface area contributed by atoms with E-state index in [1.54, 1.807) is 31.3 Å². The van der Waals surface area contributed by atoms with Crippen LogP contribution >= 0.6 is 0 Å². The molecule has 1 N–H and O–H groups in total. The third-order valence-electron chi connectivity index (χ3n) is 4.44. The highest BCUT2D eigenvalue weighted by Crippen LogP contribution is 2.21. The second kappa shape index (κ2) is 12.8. The zero-order chi connectivity index (χ0) is 24.4. The highest BCUT2D eigenvalue weighted by molar-refractivity contribution is 6.04. The maximum absolute atomic E-state index is 11.5. The summed E-state index contributed by atoms with van der Waals surface area (Å²) in [4.78, 5) is 31.1. The summed E-state index contributed by atoms with van der Waals surface area (Å²) in [5.74, 6) is -0.614. The fraction of sp³-hybridized carbons (Fsp3) is 0.231. The molecule has 0 radical (unpaired) electrons. The molecule has 174 valence electrons. The number of hydrogen-bond donors (Lipinski definition) is 1. The first-order valence-corrected chi connectivity index (χ1v) is 9.75. The molecule has 0 saturated heterocycles. The summed E-state index contributed by atoms with van der Waals surface area (Å²) in [7, 11) is 2.71. The minimum Gasteiger partial charge on any atom is -0.508 e. The van der Waals surface area contributed by atoms with Crippen LogP contribution in [0.5, 0.6) is 5.75 Å². The molecule has 0 unspecified atom stereocenters. The number of phenolic OH excluding ortho intramolecular Hbond substituents is 1. The van der Waals surface area contributed by atoms with E-state index in [0.29, 0.717) is 28.9 Å². The minimum atomic E-state index is -0.409. The van der Waals surface area contributed by atoms with E-state index in [4.69, 9.17) is 6.11 Å². The number of aromatic nitrogens is 2. The number of benzene rings is 2. The summed E-state index contributed by atoms with van der Waals surface area (Å²) in [6.45, 7) is 4.28. The van der Waals surface area contributed by atoms with Crippen molar-refractivity contribution >= 4 is 33.7 Å². The van der Waals surface area contributed by atoms with Crippen molar-refractivity contribution < 1.29 is 25.5 Å². The number of ether oxygens (including phenoxy) is 2. The second-order valence-corrected chi connectivity index (χ2v) is 6.42. The van der Waals surface area contributed by atoms with Crippen molar-refractivity contribution in [1.29, 1.82) is 0 Å². The summed E-state index contributed by atoms with van der Waals surface area (Å²) >= 11 is 0. The summed E-state index contributed by atoms with van der Waals surface area (Å²) in [6, 6.07) is 13.7. The molecule has 0 atom stereocenters. The van der Waals surface area contributed by atoms with Gasteiger partial charge in [-0.1, -0.05) is 33.4 Å². The Morgan fingerprint density at radius 1 is 0.848 bits per heavy atom. The van der Waals surface area contributed by atoms with Crippen LogP contribution in [0.15, 0.2) is 60.9 Å². The number of aromatic hydroxyl groups is 1. The zero-order valence-electron chi connectivity index (χ0n) is 19.5. The summed E-state index contributed by atoms with van der Waals surface area (Å²) < 4.78 is 15.6. The maximum Gasteiger partial charge on any atom is 0.338 e. The van der Waals surface area contributed by atoms with E-state index in [1.807, 2.05) is 25.1 Å². The van der Waals surface area contributed by atoms with Crippen molar-refractivity contribution in [2.45, 2.75) is 28.2 Å². The number of rotatable bonds is 2.